The van der Waals surface area contributed by atoms with Gasteiger partial charge in [0.25, 0.3) is 0 Å². The van der Waals surface area contributed by atoms with E-state index in [1.165, 1.54) is 18.2 Å². The standard InChI is InChI=1S/C21H24N8O10/c1-39-17(30)25-19(32)5-4-9(7-19)28-11-6-14(22-8-12(11)29(18(28)31)21(36,37)38)23-13-3-2-10-15(20(33,34)35)26-27-16(10)24-13/h2-3,6,8-9,32-38H,4-5,7H2,1H3,(H,25,30)(H2,22,23,24,26,27). The number of methoxy groups -OCH3 is 1. The first kappa shape index (κ1) is 26.4. The maximum Gasteiger partial charge on any atom is 0.409 e. The monoisotopic (exact) mass is 548 g/mol. The van der Waals surface area contributed by atoms with Gasteiger partial charge in [0.15, 0.2) is 5.65 Å². The summed E-state index contributed by atoms with van der Waals surface area (Å²) >= 11 is 0. The van der Waals surface area contributed by atoms with Gasteiger partial charge in [0.2, 0.25) is 0 Å². The highest BCUT2D eigenvalue weighted by Crippen LogP contribution is 2.38. The summed E-state index contributed by atoms with van der Waals surface area (Å²) in [6, 6.07) is 3.45. The van der Waals surface area contributed by atoms with Crippen molar-refractivity contribution in [3.8, 4) is 0 Å². The van der Waals surface area contributed by atoms with E-state index in [0.29, 0.717) is 4.57 Å². The number of carbonyl (C=O) groups is 1. The van der Waals surface area contributed by atoms with Gasteiger partial charge in [-0.25, -0.2) is 24.1 Å². The summed E-state index contributed by atoms with van der Waals surface area (Å²) in [7, 11) is 1.13. The number of fused-ring (bicyclic) bond motifs is 2. The Bertz CT molecular complexity index is 1630. The third-order valence-electron chi connectivity index (χ3n) is 6.42. The number of hydrogen-bond donors (Lipinski definition) is 10. The van der Waals surface area contributed by atoms with Crippen LogP contribution in [0.15, 0.2) is 29.2 Å². The molecule has 0 spiro atoms. The topological polar surface area (TPSA) is 273 Å². The van der Waals surface area contributed by atoms with Crippen LogP contribution in [0.4, 0.5) is 16.4 Å². The van der Waals surface area contributed by atoms with E-state index in [4.69, 9.17) is 0 Å². The Hall–Kier alpha value is -4.17. The molecule has 0 radical (unpaired) electrons. The average molecular weight is 548 g/mol. The maximum atomic E-state index is 13.2. The molecule has 1 saturated carbocycles. The molecule has 39 heavy (non-hydrogen) atoms. The molecule has 18 nitrogen and oxygen atoms in total. The minimum Gasteiger partial charge on any atom is -0.453 e. The Morgan fingerprint density at radius 3 is 2.59 bits per heavy atom. The van der Waals surface area contributed by atoms with E-state index < -0.39 is 35.6 Å². The lowest BCUT2D eigenvalue weighted by Gasteiger charge is -2.23. The van der Waals surface area contributed by atoms with Gasteiger partial charge in [0, 0.05) is 18.5 Å². The van der Waals surface area contributed by atoms with Crippen LogP contribution in [0.3, 0.4) is 0 Å². The third-order valence-corrected chi connectivity index (χ3v) is 6.42. The lowest BCUT2D eigenvalue weighted by Crippen LogP contribution is -2.47. The second kappa shape index (κ2) is 8.95. The van der Waals surface area contributed by atoms with Gasteiger partial charge in [-0.15, -0.1) is 0 Å². The number of aromatic nitrogens is 6. The number of pyridine rings is 2. The van der Waals surface area contributed by atoms with Gasteiger partial charge in [0.1, 0.15) is 23.1 Å². The predicted octanol–water partition coefficient (Wildman–Crippen LogP) is -2.39. The molecule has 2 unspecified atom stereocenters. The van der Waals surface area contributed by atoms with Crippen LogP contribution in [0.5, 0.6) is 0 Å². The molecular weight excluding hydrogens is 524 g/mol. The number of carbonyl (C=O) groups excluding carboxylic acids is 1. The number of ether oxygens (including phenoxy) is 1. The summed E-state index contributed by atoms with van der Waals surface area (Å²) in [6.45, 7) is 0. The molecule has 1 fully saturated rings. The predicted molar refractivity (Wildman–Crippen MR) is 128 cm³/mol. The molecule has 0 aromatic carbocycles. The fraction of sp³-hybridized carbons (Fsp3) is 0.381. The molecule has 1 aliphatic carbocycles. The van der Waals surface area contributed by atoms with E-state index >= 15 is 0 Å². The Morgan fingerprint density at radius 1 is 1.18 bits per heavy atom. The summed E-state index contributed by atoms with van der Waals surface area (Å²) < 4.78 is 5.98. The summed E-state index contributed by atoms with van der Waals surface area (Å²) in [5.74, 6) is -2.86. The van der Waals surface area contributed by atoms with Crippen LogP contribution in [-0.4, -0.2) is 84.0 Å². The summed E-state index contributed by atoms with van der Waals surface area (Å²) in [5.41, 5.74) is -3.14. The molecule has 4 heterocycles. The highest BCUT2D eigenvalue weighted by molar-refractivity contribution is 5.82. The fourth-order valence-electron chi connectivity index (χ4n) is 4.76. The van der Waals surface area contributed by atoms with E-state index in [-0.39, 0.29) is 58.7 Å². The van der Waals surface area contributed by atoms with Crippen molar-refractivity contribution >= 4 is 39.8 Å². The summed E-state index contributed by atoms with van der Waals surface area (Å²) in [5, 5.41) is 80.1. The molecule has 1 amide bonds. The lowest BCUT2D eigenvalue weighted by atomic mass is 10.2. The normalized spacial score (nSPS) is 20.1. The van der Waals surface area contributed by atoms with E-state index in [1.807, 2.05) is 0 Å². The number of nitrogens with zero attached hydrogens (tertiary/aromatic N) is 5. The molecule has 18 heteroatoms. The molecule has 0 bridgehead atoms. The van der Waals surface area contributed by atoms with Gasteiger partial charge in [-0.2, -0.15) is 5.10 Å². The van der Waals surface area contributed by atoms with Gasteiger partial charge in [-0.3, -0.25) is 15.0 Å². The Balaban J connectivity index is 1.54. The van der Waals surface area contributed by atoms with Gasteiger partial charge in [0.05, 0.1) is 29.7 Å². The Kier molecular flexibility index (Phi) is 6.07. The Morgan fingerprint density at radius 2 is 1.92 bits per heavy atom. The zero-order valence-corrected chi connectivity index (χ0v) is 20.1. The minimum atomic E-state index is -3.57. The number of aliphatic hydroxyl groups is 7. The zero-order chi connectivity index (χ0) is 28.3. The molecule has 0 saturated heterocycles. The second-order valence-electron chi connectivity index (χ2n) is 9.12. The maximum absolute atomic E-state index is 13.2. The van der Waals surface area contributed by atoms with Crippen LogP contribution in [0.25, 0.3) is 22.1 Å². The third kappa shape index (κ3) is 4.76. The number of anilines is 2. The molecule has 4 aromatic rings. The largest absolute Gasteiger partial charge is 0.453 e. The van der Waals surface area contributed by atoms with Crippen molar-refractivity contribution in [2.24, 2.45) is 0 Å². The van der Waals surface area contributed by atoms with Crippen LogP contribution < -0.4 is 16.3 Å². The first-order valence-corrected chi connectivity index (χ1v) is 11.4. The number of H-pyrrole nitrogens is 1. The zero-order valence-electron chi connectivity index (χ0n) is 20.1. The smallest absolute Gasteiger partial charge is 0.409 e. The summed E-state index contributed by atoms with van der Waals surface area (Å²) in [4.78, 5) is 33.2. The van der Waals surface area contributed by atoms with Crippen LogP contribution in [0.1, 0.15) is 31.0 Å². The van der Waals surface area contributed by atoms with Crippen molar-refractivity contribution in [3.63, 3.8) is 0 Å². The van der Waals surface area contributed by atoms with E-state index in [0.717, 1.165) is 17.9 Å². The van der Waals surface area contributed by atoms with Crippen molar-refractivity contribution in [3.05, 3.63) is 40.6 Å². The Labute approximate surface area is 216 Å². The molecule has 0 aliphatic heterocycles. The SMILES string of the molecule is COC(=O)NC1(O)CCC(n2c(=O)n(C(O)(O)O)c3cnc(Nc4ccc5c(C(O)(O)O)[nH]nc5n4)cc32)C1. The molecule has 5 rings (SSSR count). The molecule has 2 atom stereocenters. The fourth-order valence-corrected chi connectivity index (χ4v) is 4.76. The number of rotatable bonds is 6. The average Bonchev–Trinajstić information content (AvgIpc) is 3.50. The number of aromatic amines is 1. The van der Waals surface area contributed by atoms with Crippen LogP contribution in [0, 0.1) is 0 Å². The highest BCUT2D eigenvalue weighted by Gasteiger charge is 2.42. The molecular formula is C21H24N8O10. The van der Waals surface area contributed by atoms with Crippen molar-refractivity contribution in [1.82, 2.24) is 34.6 Å². The number of amides is 1. The summed E-state index contributed by atoms with van der Waals surface area (Å²) in [6.07, 6.45) is -3.23. The lowest BCUT2D eigenvalue weighted by molar-refractivity contribution is -0.374. The van der Waals surface area contributed by atoms with Crippen molar-refractivity contribution in [2.75, 3.05) is 12.4 Å². The second-order valence-corrected chi connectivity index (χ2v) is 9.12. The first-order chi connectivity index (χ1) is 18.2. The highest BCUT2D eigenvalue weighted by atomic mass is 16.7. The number of alkyl carbamates (subject to hydrolysis) is 1. The van der Waals surface area contributed by atoms with Gasteiger partial charge >= 0.3 is 23.9 Å². The van der Waals surface area contributed by atoms with Gasteiger partial charge in [-0.1, -0.05) is 0 Å². The minimum absolute atomic E-state index is 0.0228. The number of hydrogen-bond acceptors (Lipinski definition) is 14. The van der Waals surface area contributed by atoms with Crippen LogP contribution >= 0.6 is 0 Å². The van der Waals surface area contributed by atoms with Crippen LogP contribution in [-0.2, 0) is 16.8 Å². The van der Waals surface area contributed by atoms with E-state index in [9.17, 15) is 45.3 Å². The van der Waals surface area contributed by atoms with Gasteiger partial charge < -0.3 is 45.8 Å². The number of nitrogens with one attached hydrogen (secondary N) is 3. The molecule has 10 N–H and O–H groups in total. The van der Waals surface area contributed by atoms with Crippen molar-refractivity contribution < 1.29 is 45.3 Å². The molecule has 1 aliphatic rings. The van der Waals surface area contributed by atoms with E-state index in [1.54, 1.807) is 0 Å². The molecule has 4 aromatic heterocycles. The van der Waals surface area contributed by atoms with E-state index in [2.05, 4.69) is 35.5 Å². The van der Waals surface area contributed by atoms with Crippen LogP contribution in [0.2, 0.25) is 0 Å². The number of imidazole rings is 1. The first-order valence-electron chi connectivity index (χ1n) is 11.4. The van der Waals surface area contributed by atoms with Crippen molar-refractivity contribution in [2.45, 2.75) is 43.1 Å². The quantitative estimate of drug-likeness (QED) is 0.113. The van der Waals surface area contributed by atoms with Crippen molar-refractivity contribution in [1.29, 1.82) is 0 Å². The van der Waals surface area contributed by atoms with Gasteiger partial charge in [-0.05, 0) is 25.0 Å². The molecule has 208 valence electrons.